The number of ether oxygens (including phenoxy) is 1. The Morgan fingerprint density at radius 3 is 2.73 bits per heavy atom. The Bertz CT molecular complexity index is 309. The molecule has 4 nitrogen and oxygen atoms in total. The summed E-state index contributed by atoms with van der Waals surface area (Å²) in [5.74, 6) is 0.0828. The Kier molecular flexibility index (Phi) is 3.88. The zero-order chi connectivity index (χ0) is 11.5. The topological polar surface area (TPSA) is 47.3 Å². The van der Waals surface area contributed by atoms with Crippen molar-refractivity contribution >= 4 is 0 Å². The molecule has 0 radical (unpaired) electrons. The van der Waals surface area contributed by atoms with Crippen LogP contribution in [0, 0.1) is 5.92 Å². The minimum atomic E-state index is -0.957. The average molecular weight is 212 g/mol. The summed E-state index contributed by atoms with van der Waals surface area (Å²) in [7, 11) is 1.60. The van der Waals surface area contributed by atoms with E-state index in [1.807, 2.05) is 26.8 Å². The largest absolute Gasteiger partial charge is 0.381 e. The molecule has 1 aromatic rings. The van der Waals surface area contributed by atoms with Gasteiger partial charge in [-0.15, -0.1) is 0 Å². The van der Waals surface area contributed by atoms with Gasteiger partial charge in [0.15, 0.2) is 0 Å². The Morgan fingerprint density at radius 1 is 1.60 bits per heavy atom. The smallest absolute Gasteiger partial charge is 0.132 e. The molecule has 1 heterocycles. The van der Waals surface area contributed by atoms with E-state index in [1.54, 1.807) is 18.0 Å². The lowest BCUT2D eigenvalue weighted by molar-refractivity contribution is -0.0759. The molecule has 1 atom stereocenters. The fourth-order valence-corrected chi connectivity index (χ4v) is 1.71. The van der Waals surface area contributed by atoms with Gasteiger partial charge >= 0.3 is 0 Å². The minimum Gasteiger partial charge on any atom is -0.381 e. The number of aliphatic hydroxyl groups is 1. The highest BCUT2D eigenvalue weighted by Gasteiger charge is 2.36. The van der Waals surface area contributed by atoms with Gasteiger partial charge in [-0.3, -0.25) is 4.68 Å². The summed E-state index contributed by atoms with van der Waals surface area (Å²) >= 11 is 0. The maximum Gasteiger partial charge on any atom is 0.132 e. The molecule has 0 amide bonds. The Balaban J connectivity index is 3.08. The van der Waals surface area contributed by atoms with Crippen molar-refractivity contribution in [2.45, 2.75) is 32.9 Å². The molecule has 0 aliphatic rings. The highest BCUT2D eigenvalue weighted by Crippen LogP contribution is 2.29. The summed E-state index contributed by atoms with van der Waals surface area (Å²) in [5.41, 5.74) is -0.136. The molecule has 0 saturated heterocycles. The monoisotopic (exact) mass is 212 g/mol. The van der Waals surface area contributed by atoms with E-state index in [0.717, 1.165) is 12.2 Å². The number of hydrogen-bond donors (Lipinski definition) is 1. The number of aryl methyl sites for hydroxylation is 1. The summed E-state index contributed by atoms with van der Waals surface area (Å²) in [6.45, 7) is 7.00. The zero-order valence-electron chi connectivity index (χ0n) is 9.90. The second kappa shape index (κ2) is 4.77. The molecule has 0 aliphatic carbocycles. The third-order valence-corrected chi connectivity index (χ3v) is 2.78. The lowest BCUT2D eigenvalue weighted by atomic mass is 9.87. The van der Waals surface area contributed by atoms with Crippen LogP contribution in [0.4, 0.5) is 0 Å². The van der Waals surface area contributed by atoms with Gasteiger partial charge in [0, 0.05) is 19.9 Å². The Morgan fingerprint density at radius 2 is 2.27 bits per heavy atom. The van der Waals surface area contributed by atoms with E-state index in [2.05, 4.69) is 5.10 Å². The van der Waals surface area contributed by atoms with Crippen LogP contribution in [-0.4, -0.2) is 28.6 Å². The standard InChI is InChI=1S/C11H20N2O2/c1-5-13-10(6-7-12-13)11(14,8-15-4)9(2)3/h6-7,9,14H,5,8H2,1-4H3. The molecule has 0 fully saturated rings. The van der Waals surface area contributed by atoms with Crippen LogP contribution < -0.4 is 0 Å². The Labute approximate surface area is 90.9 Å². The lowest BCUT2D eigenvalue weighted by Crippen LogP contribution is -2.39. The molecule has 1 unspecified atom stereocenters. The maximum atomic E-state index is 10.6. The molecule has 0 aliphatic heterocycles. The first-order valence-corrected chi connectivity index (χ1v) is 5.29. The van der Waals surface area contributed by atoms with Crippen LogP contribution in [0.15, 0.2) is 12.3 Å². The fraction of sp³-hybridized carbons (Fsp3) is 0.727. The van der Waals surface area contributed by atoms with Crippen molar-refractivity contribution in [3.63, 3.8) is 0 Å². The highest BCUT2D eigenvalue weighted by atomic mass is 16.5. The second-order valence-corrected chi connectivity index (χ2v) is 4.04. The summed E-state index contributed by atoms with van der Waals surface area (Å²) in [6.07, 6.45) is 1.71. The van der Waals surface area contributed by atoms with Crippen molar-refractivity contribution in [1.82, 2.24) is 9.78 Å². The van der Waals surface area contributed by atoms with E-state index < -0.39 is 5.60 Å². The maximum absolute atomic E-state index is 10.6. The molecule has 0 spiro atoms. The highest BCUT2D eigenvalue weighted by molar-refractivity contribution is 5.13. The summed E-state index contributed by atoms with van der Waals surface area (Å²) < 4.78 is 6.91. The second-order valence-electron chi connectivity index (χ2n) is 4.04. The predicted molar refractivity (Wildman–Crippen MR) is 58.5 cm³/mol. The third kappa shape index (κ3) is 2.21. The number of hydrogen-bond acceptors (Lipinski definition) is 3. The first kappa shape index (κ1) is 12.2. The molecule has 1 rings (SSSR count). The fourth-order valence-electron chi connectivity index (χ4n) is 1.71. The zero-order valence-corrected chi connectivity index (χ0v) is 9.90. The molecular formula is C11H20N2O2. The lowest BCUT2D eigenvalue weighted by Gasteiger charge is -2.31. The van der Waals surface area contributed by atoms with E-state index in [9.17, 15) is 5.11 Å². The van der Waals surface area contributed by atoms with Gasteiger partial charge in [0.05, 0.1) is 12.3 Å². The number of rotatable bonds is 5. The first-order valence-electron chi connectivity index (χ1n) is 5.29. The van der Waals surface area contributed by atoms with Crippen LogP contribution in [0.2, 0.25) is 0 Å². The van der Waals surface area contributed by atoms with Crippen molar-refractivity contribution < 1.29 is 9.84 Å². The number of methoxy groups -OCH3 is 1. The van der Waals surface area contributed by atoms with Gasteiger partial charge in [-0.1, -0.05) is 13.8 Å². The van der Waals surface area contributed by atoms with Crippen LogP contribution >= 0.6 is 0 Å². The molecular weight excluding hydrogens is 192 g/mol. The van der Waals surface area contributed by atoms with E-state index >= 15 is 0 Å². The van der Waals surface area contributed by atoms with Crippen molar-refractivity contribution in [3.8, 4) is 0 Å². The predicted octanol–water partition coefficient (Wildman–Crippen LogP) is 1.39. The van der Waals surface area contributed by atoms with Crippen molar-refractivity contribution in [2.75, 3.05) is 13.7 Å². The van der Waals surface area contributed by atoms with Gasteiger partial charge in [0.2, 0.25) is 0 Å². The first-order chi connectivity index (χ1) is 7.06. The molecule has 1 aromatic heterocycles. The molecule has 0 aromatic carbocycles. The molecule has 1 N–H and O–H groups in total. The van der Waals surface area contributed by atoms with Crippen LogP contribution in [-0.2, 0) is 16.9 Å². The summed E-state index contributed by atoms with van der Waals surface area (Å²) in [5, 5.41) is 14.7. The van der Waals surface area contributed by atoms with Crippen molar-refractivity contribution in [2.24, 2.45) is 5.92 Å². The molecule has 4 heteroatoms. The van der Waals surface area contributed by atoms with Gasteiger partial charge in [-0.25, -0.2) is 0 Å². The minimum absolute atomic E-state index is 0.0828. The number of nitrogens with zero attached hydrogens (tertiary/aromatic N) is 2. The van der Waals surface area contributed by atoms with E-state index in [0.29, 0.717) is 0 Å². The third-order valence-electron chi connectivity index (χ3n) is 2.78. The van der Waals surface area contributed by atoms with Gasteiger partial charge in [-0.05, 0) is 18.9 Å². The summed E-state index contributed by atoms with van der Waals surface area (Å²) in [4.78, 5) is 0. The summed E-state index contributed by atoms with van der Waals surface area (Å²) in [6, 6.07) is 1.85. The molecule has 0 bridgehead atoms. The Hall–Kier alpha value is -0.870. The van der Waals surface area contributed by atoms with Gasteiger partial charge in [0.25, 0.3) is 0 Å². The average Bonchev–Trinajstić information content (AvgIpc) is 2.65. The van der Waals surface area contributed by atoms with Crippen molar-refractivity contribution in [3.05, 3.63) is 18.0 Å². The van der Waals surface area contributed by atoms with Crippen LogP contribution in [0.1, 0.15) is 26.5 Å². The van der Waals surface area contributed by atoms with Gasteiger partial charge in [-0.2, -0.15) is 5.10 Å². The van der Waals surface area contributed by atoms with E-state index in [1.165, 1.54) is 0 Å². The normalized spacial score (nSPS) is 15.6. The quantitative estimate of drug-likeness (QED) is 0.802. The SMILES string of the molecule is CCn1nccc1C(O)(COC)C(C)C. The van der Waals surface area contributed by atoms with Crippen molar-refractivity contribution in [1.29, 1.82) is 0 Å². The van der Waals surface area contributed by atoms with Gasteiger partial charge in [0.1, 0.15) is 5.60 Å². The van der Waals surface area contributed by atoms with Gasteiger partial charge < -0.3 is 9.84 Å². The van der Waals surface area contributed by atoms with Crippen LogP contribution in [0.3, 0.4) is 0 Å². The van der Waals surface area contributed by atoms with E-state index in [-0.39, 0.29) is 12.5 Å². The number of aromatic nitrogens is 2. The molecule has 86 valence electrons. The van der Waals surface area contributed by atoms with Crippen LogP contribution in [0.25, 0.3) is 0 Å². The molecule has 15 heavy (non-hydrogen) atoms. The van der Waals surface area contributed by atoms with E-state index in [4.69, 9.17) is 4.74 Å². The molecule has 0 saturated carbocycles. The van der Waals surface area contributed by atoms with Crippen LogP contribution in [0.5, 0.6) is 0 Å².